The van der Waals surface area contributed by atoms with Crippen LogP contribution in [0.15, 0.2) is 83.8 Å². The molecule has 1 N–H and O–H groups in total. The largest absolute Gasteiger partial charge is 0.497 e. The number of methoxy groups -OCH3 is 2. The Morgan fingerprint density at radius 1 is 0.875 bits per heavy atom. The number of sulfonamides is 1. The highest BCUT2D eigenvalue weighted by molar-refractivity contribution is 7.92. The van der Waals surface area contributed by atoms with Gasteiger partial charge in [0.25, 0.3) is 10.0 Å². The molecule has 0 saturated carbocycles. The zero-order chi connectivity index (χ0) is 29.3. The lowest BCUT2D eigenvalue weighted by atomic mass is 10.1. The lowest BCUT2D eigenvalue weighted by Crippen LogP contribution is -2.52. The number of anilines is 1. The first kappa shape index (κ1) is 30.5. The molecule has 2 atom stereocenters. The Morgan fingerprint density at radius 2 is 1.50 bits per heavy atom. The highest BCUT2D eigenvalue weighted by atomic mass is 32.2. The molecule has 0 aliphatic heterocycles. The van der Waals surface area contributed by atoms with Gasteiger partial charge in [-0.15, -0.1) is 0 Å². The SMILES string of the molecule is CC[C@H](C)NC(=O)[C@H](C)N(Cc1ccc(OC)cc1)C(=O)CN(c1ccccc1OC)S(=O)(=O)c1ccccc1. The number of ether oxygens (including phenoxy) is 2. The van der Waals surface area contributed by atoms with Crippen LogP contribution >= 0.6 is 0 Å². The van der Waals surface area contributed by atoms with Crippen molar-refractivity contribution >= 4 is 27.5 Å². The third-order valence-corrected chi connectivity index (χ3v) is 8.42. The average Bonchev–Trinajstić information content (AvgIpc) is 2.98. The number of para-hydroxylation sites is 2. The maximum absolute atomic E-state index is 14.0. The van der Waals surface area contributed by atoms with E-state index < -0.39 is 28.5 Å². The molecule has 214 valence electrons. The number of amides is 2. The molecule has 0 aliphatic rings. The van der Waals surface area contributed by atoms with Gasteiger partial charge in [-0.3, -0.25) is 13.9 Å². The average molecular weight is 568 g/mol. The van der Waals surface area contributed by atoms with Gasteiger partial charge in [0.15, 0.2) is 0 Å². The van der Waals surface area contributed by atoms with Crippen molar-refractivity contribution in [2.24, 2.45) is 0 Å². The smallest absolute Gasteiger partial charge is 0.264 e. The van der Waals surface area contributed by atoms with Crippen LogP contribution in [0.3, 0.4) is 0 Å². The first-order valence-electron chi connectivity index (χ1n) is 13.1. The summed E-state index contributed by atoms with van der Waals surface area (Å²) >= 11 is 0. The Bertz CT molecular complexity index is 1380. The van der Waals surface area contributed by atoms with Crippen LogP contribution in [0.1, 0.15) is 32.8 Å². The van der Waals surface area contributed by atoms with Crippen molar-refractivity contribution in [3.8, 4) is 11.5 Å². The van der Waals surface area contributed by atoms with Gasteiger partial charge in [-0.1, -0.05) is 49.4 Å². The lowest BCUT2D eigenvalue weighted by Gasteiger charge is -2.32. The van der Waals surface area contributed by atoms with E-state index in [1.165, 1.54) is 24.1 Å². The second kappa shape index (κ2) is 13.8. The Labute approximate surface area is 236 Å². The molecule has 0 aliphatic carbocycles. The van der Waals surface area contributed by atoms with E-state index in [-0.39, 0.29) is 29.1 Å². The second-order valence-corrected chi connectivity index (χ2v) is 11.2. The summed E-state index contributed by atoms with van der Waals surface area (Å²) < 4.78 is 39.5. The summed E-state index contributed by atoms with van der Waals surface area (Å²) in [4.78, 5) is 28.6. The van der Waals surface area contributed by atoms with Crippen LogP contribution in [0, 0.1) is 0 Å². The molecule has 0 fully saturated rings. The Kier molecular flexibility index (Phi) is 10.6. The molecule has 0 aromatic heterocycles. The molecule has 0 saturated heterocycles. The van der Waals surface area contributed by atoms with Crippen molar-refractivity contribution < 1.29 is 27.5 Å². The maximum atomic E-state index is 14.0. The fraction of sp³-hybridized carbons (Fsp3) is 0.333. The third-order valence-electron chi connectivity index (χ3n) is 6.64. The van der Waals surface area contributed by atoms with Crippen LogP contribution in [-0.2, 0) is 26.2 Å². The number of nitrogens with zero attached hydrogens (tertiary/aromatic N) is 2. The number of carbonyl (C=O) groups is 2. The van der Waals surface area contributed by atoms with Crippen molar-refractivity contribution in [3.63, 3.8) is 0 Å². The number of hydrogen-bond donors (Lipinski definition) is 1. The van der Waals surface area contributed by atoms with Gasteiger partial charge in [0.1, 0.15) is 24.1 Å². The maximum Gasteiger partial charge on any atom is 0.264 e. The minimum atomic E-state index is -4.18. The van der Waals surface area contributed by atoms with Crippen molar-refractivity contribution in [1.82, 2.24) is 10.2 Å². The summed E-state index contributed by atoms with van der Waals surface area (Å²) in [7, 11) is -1.18. The Hall–Kier alpha value is -4.05. The van der Waals surface area contributed by atoms with E-state index in [0.717, 1.165) is 16.3 Å². The van der Waals surface area contributed by atoms with Crippen molar-refractivity contribution in [2.45, 2.75) is 50.7 Å². The van der Waals surface area contributed by atoms with Crippen LogP contribution in [0.2, 0.25) is 0 Å². The standard InChI is InChI=1S/C30H37N3O6S/c1-6-22(2)31-30(35)23(3)32(20-24-16-18-25(38-4)19-17-24)29(34)21-33(27-14-10-11-15-28(27)39-5)40(36,37)26-12-8-7-9-13-26/h7-19,22-23H,6,20-21H2,1-5H3,(H,31,35)/t22-,23-/m0/s1. The zero-order valence-corrected chi connectivity index (χ0v) is 24.4. The first-order chi connectivity index (χ1) is 19.1. The minimum Gasteiger partial charge on any atom is -0.497 e. The van der Waals surface area contributed by atoms with Crippen molar-refractivity contribution in [1.29, 1.82) is 0 Å². The molecule has 3 aromatic carbocycles. The second-order valence-electron chi connectivity index (χ2n) is 9.36. The molecule has 0 heterocycles. The van der Waals surface area contributed by atoms with Gasteiger partial charge in [-0.2, -0.15) is 0 Å². The number of nitrogens with one attached hydrogen (secondary N) is 1. The molecule has 0 radical (unpaired) electrons. The first-order valence-corrected chi connectivity index (χ1v) is 14.5. The van der Waals surface area contributed by atoms with E-state index in [4.69, 9.17) is 9.47 Å². The van der Waals surface area contributed by atoms with E-state index in [2.05, 4.69) is 5.32 Å². The van der Waals surface area contributed by atoms with Gasteiger partial charge in [0.05, 0.1) is 24.8 Å². The number of hydrogen-bond acceptors (Lipinski definition) is 6. The van der Waals surface area contributed by atoms with Gasteiger partial charge >= 0.3 is 0 Å². The topological polar surface area (TPSA) is 105 Å². The van der Waals surface area contributed by atoms with Crippen LogP contribution in [0.4, 0.5) is 5.69 Å². The molecule has 9 nitrogen and oxygen atoms in total. The molecule has 2 amide bonds. The summed E-state index contributed by atoms with van der Waals surface area (Å²) in [6.45, 7) is 5.02. The fourth-order valence-electron chi connectivity index (χ4n) is 4.04. The van der Waals surface area contributed by atoms with Gasteiger partial charge in [0.2, 0.25) is 11.8 Å². The van der Waals surface area contributed by atoms with Crippen LogP contribution in [0.25, 0.3) is 0 Å². The Morgan fingerprint density at radius 3 is 2.10 bits per heavy atom. The van der Waals surface area contributed by atoms with Crippen molar-refractivity contribution in [3.05, 3.63) is 84.4 Å². The molecule has 3 rings (SSSR count). The molecule has 3 aromatic rings. The quantitative estimate of drug-likeness (QED) is 0.332. The predicted molar refractivity (Wildman–Crippen MR) is 155 cm³/mol. The van der Waals surface area contributed by atoms with Crippen LogP contribution < -0.4 is 19.1 Å². The van der Waals surface area contributed by atoms with E-state index >= 15 is 0 Å². The summed E-state index contributed by atoms with van der Waals surface area (Å²) in [6, 6.07) is 20.7. The third kappa shape index (κ3) is 7.32. The van der Waals surface area contributed by atoms with E-state index in [0.29, 0.717) is 11.5 Å². The molecule has 40 heavy (non-hydrogen) atoms. The van der Waals surface area contributed by atoms with Gasteiger partial charge in [-0.25, -0.2) is 8.42 Å². The predicted octanol–water partition coefficient (Wildman–Crippen LogP) is 4.23. The molecule has 0 spiro atoms. The number of benzene rings is 3. The van der Waals surface area contributed by atoms with E-state index in [1.807, 2.05) is 13.8 Å². The van der Waals surface area contributed by atoms with Gasteiger partial charge < -0.3 is 19.7 Å². The summed E-state index contributed by atoms with van der Waals surface area (Å²) in [6.07, 6.45) is 0.724. The monoisotopic (exact) mass is 567 g/mol. The molecule has 10 heteroatoms. The number of rotatable bonds is 13. The normalized spacial score (nSPS) is 12.6. The number of carbonyl (C=O) groups excluding carboxylic acids is 2. The molecule has 0 bridgehead atoms. The summed E-state index contributed by atoms with van der Waals surface area (Å²) in [5.41, 5.74) is 0.968. The summed E-state index contributed by atoms with van der Waals surface area (Å²) in [5, 5.41) is 2.92. The summed E-state index contributed by atoms with van der Waals surface area (Å²) in [5.74, 6) is 0.0681. The highest BCUT2D eigenvalue weighted by Crippen LogP contribution is 2.32. The molecular formula is C30H37N3O6S. The van der Waals surface area contributed by atoms with Gasteiger partial charge in [-0.05, 0) is 62.2 Å². The molecule has 0 unspecified atom stereocenters. The van der Waals surface area contributed by atoms with E-state index in [9.17, 15) is 18.0 Å². The minimum absolute atomic E-state index is 0.0259. The zero-order valence-electron chi connectivity index (χ0n) is 23.5. The lowest BCUT2D eigenvalue weighted by molar-refractivity contribution is -0.139. The van der Waals surface area contributed by atoms with Crippen LogP contribution in [-0.4, -0.2) is 58.0 Å². The van der Waals surface area contributed by atoms with Crippen molar-refractivity contribution in [2.75, 3.05) is 25.1 Å². The fourth-order valence-corrected chi connectivity index (χ4v) is 5.49. The molecular weight excluding hydrogens is 530 g/mol. The van der Waals surface area contributed by atoms with Gasteiger partial charge in [0, 0.05) is 12.6 Å². The van der Waals surface area contributed by atoms with Crippen LogP contribution in [0.5, 0.6) is 11.5 Å². The Balaban J connectivity index is 2.04. The van der Waals surface area contributed by atoms with E-state index in [1.54, 1.807) is 80.8 Å². The highest BCUT2D eigenvalue weighted by Gasteiger charge is 2.33.